The molecule has 0 aliphatic heterocycles. The number of hydrogen-bond donors (Lipinski definition) is 1. The number of ether oxygens (including phenoxy) is 2. The van der Waals surface area contributed by atoms with Crippen LogP contribution in [0.5, 0.6) is 11.5 Å². The molecule has 0 radical (unpaired) electrons. The van der Waals surface area contributed by atoms with Crippen LogP contribution in [0.2, 0.25) is 10.0 Å². The Bertz CT molecular complexity index is 1550. The molecule has 1 atom stereocenters. The van der Waals surface area contributed by atoms with Gasteiger partial charge in [0.2, 0.25) is 11.8 Å². The zero-order valence-electron chi connectivity index (χ0n) is 25.0. The SMILES string of the molecule is CC[C@@H](C(=O)NC1CCCC1)N(Cc1ccc(Cl)cc1)C(=O)CN(c1ccc(Cl)cc1)S(=O)(=O)c1ccc(OC)c(OC)c1. The monoisotopic (exact) mass is 661 g/mol. The fraction of sp³-hybridized carbons (Fsp3) is 0.375. The standard InChI is InChI=1S/C32H37Cl2N3O6S/c1-4-28(32(39)35-25-7-5-6-8-25)36(20-22-9-11-23(33)12-10-22)31(38)21-37(26-15-13-24(34)14-16-26)44(40,41)27-17-18-29(42-2)30(19-27)43-3/h9-19,25,28H,4-8,20-21H2,1-3H3,(H,35,39)/t28-/m0/s1. The molecule has 2 amide bonds. The van der Waals surface area contributed by atoms with Crippen molar-refractivity contribution in [2.24, 2.45) is 0 Å². The Morgan fingerprint density at radius 3 is 2.07 bits per heavy atom. The van der Waals surface area contributed by atoms with Crippen molar-refractivity contribution in [3.05, 3.63) is 82.3 Å². The lowest BCUT2D eigenvalue weighted by molar-refractivity contribution is -0.140. The number of methoxy groups -OCH3 is 2. The smallest absolute Gasteiger partial charge is 0.264 e. The number of sulfonamides is 1. The topological polar surface area (TPSA) is 105 Å². The van der Waals surface area contributed by atoms with E-state index in [2.05, 4.69) is 5.32 Å². The molecular weight excluding hydrogens is 625 g/mol. The van der Waals surface area contributed by atoms with Crippen molar-refractivity contribution in [2.75, 3.05) is 25.1 Å². The number of hydrogen-bond acceptors (Lipinski definition) is 6. The first kappa shape index (κ1) is 33.4. The Morgan fingerprint density at radius 1 is 0.909 bits per heavy atom. The number of nitrogens with zero attached hydrogens (tertiary/aromatic N) is 2. The zero-order valence-corrected chi connectivity index (χ0v) is 27.3. The summed E-state index contributed by atoms with van der Waals surface area (Å²) in [7, 11) is -1.45. The van der Waals surface area contributed by atoms with Gasteiger partial charge in [-0.3, -0.25) is 13.9 Å². The first-order valence-corrected chi connectivity index (χ1v) is 16.6. The van der Waals surface area contributed by atoms with Crippen LogP contribution in [0.25, 0.3) is 0 Å². The van der Waals surface area contributed by atoms with E-state index in [4.69, 9.17) is 32.7 Å². The number of nitrogens with one attached hydrogen (secondary N) is 1. The Balaban J connectivity index is 1.73. The summed E-state index contributed by atoms with van der Waals surface area (Å²) in [5.74, 6) is -0.237. The van der Waals surface area contributed by atoms with E-state index >= 15 is 0 Å². The van der Waals surface area contributed by atoms with Crippen LogP contribution >= 0.6 is 23.2 Å². The fourth-order valence-corrected chi connectivity index (χ4v) is 7.00. The average molecular weight is 663 g/mol. The van der Waals surface area contributed by atoms with E-state index in [0.717, 1.165) is 35.6 Å². The lowest BCUT2D eigenvalue weighted by Gasteiger charge is -2.33. The van der Waals surface area contributed by atoms with Crippen LogP contribution in [0.15, 0.2) is 71.6 Å². The number of benzene rings is 3. The second-order valence-electron chi connectivity index (χ2n) is 10.6. The van der Waals surface area contributed by atoms with Crippen LogP contribution in [0.4, 0.5) is 5.69 Å². The minimum Gasteiger partial charge on any atom is -0.493 e. The Kier molecular flexibility index (Phi) is 11.4. The molecule has 0 spiro atoms. The fourth-order valence-electron chi connectivity index (χ4n) is 5.31. The van der Waals surface area contributed by atoms with Gasteiger partial charge in [-0.05, 0) is 73.4 Å². The maximum absolute atomic E-state index is 14.3. The maximum atomic E-state index is 14.3. The highest BCUT2D eigenvalue weighted by Gasteiger charge is 2.35. The summed E-state index contributed by atoms with van der Waals surface area (Å²) in [5.41, 5.74) is 0.975. The number of amides is 2. The van der Waals surface area contributed by atoms with Crippen LogP contribution in [0, 0.1) is 0 Å². The van der Waals surface area contributed by atoms with Gasteiger partial charge in [-0.2, -0.15) is 0 Å². The summed E-state index contributed by atoms with van der Waals surface area (Å²) in [6, 6.07) is 16.6. The molecule has 236 valence electrons. The molecule has 0 heterocycles. The minimum atomic E-state index is -4.31. The maximum Gasteiger partial charge on any atom is 0.264 e. The molecule has 1 saturated carbocycles. The summed E-state index contributed by atoms with van der Waals surface area (Å²) in [6.07, 6.45) is 4.20. The lowest BCUT2D eigenvalue weighted by atomic mass is 10.1. The normalized spacial score (nSPS) is 14.1. The molecule has 0 saturated heterocycles. The molecule has 3 aromatic rings. The van der Waals surface area contributed by atoms with E-state index < -0.39 is 28.5 Å². The molecule has 1 N–H and O–H groups in total. The van der Waals surface area contributed by atoms with E-state index in [0.29, 0.717) is 22.2 Å². The van der Waals surface area contributed by atoms with Crippen LogP contribution in [0.1, 0.15) is 44.6 Å². The molecular formula is C32H37Cl2N3O6S. The Labute approximate surface area is 269 Å². The number of anilines is 1. The van der Waals surface area contributed by atoms with E-state index in [-0.39, 0.29) is 34.8 Å². The highest BCUT2D eigenvalue weighted by molar-refractivity contribution is 7.92. The van der Waals surface area contributed by atoms with Gasteiger partial charge in [0, 0.05) is 28.7 Å². The van der Waals surface area contributed by atoms with Gasteiger partial charge in [0.1, 0.15) is 12.6 Å². The van der Waals surface area contributed by atoms with Crippen molar-refractivity contribution in [1.29, 1.82) is 0 Å². The van der Waals surface area contributed by atoms with Gasteiger partial charge in [-0.1, -0.05) is 55.1 Å². The van der Waals surface area contributed by atoms with Crippen LogP contribution in [-0.4, -0.2) is 58.0 Å². The largest absolute Gasteiger partial charge is 0.493 e. The molecule has 1 fully saturated rings. The van der Waals surface area contributed by atoms with Gasteiger partial charge < -0.3 is 19.7 Å². The summed E-state index contributed by atoms with van der Waals surface area (Å²) < 4.78 is 40.0. The highest BCUT2D eigenvalue weighted by Crippen LogP contribution is 2.33. The quantitative estimate of drug-likeness (QED) is 0.238. The number of carbonyl (C=O) groups excluding carboxylic acids is 2. The second-order valence-corrected chi connectivity index (χ2v) is 13.3. The Morgan fingerprint density at radius 2 is 1.50 bits per heavy atom. The first-order valence-electron chi connectivity index (χ1n) is 14.4. The van der Waals surface area contributed by atoms with Crippen molar-refractivity contribution < 1.29 is 27.5 Å². The van der Waals surface area contributed by atoms with Gasteiger partial charge in [0.05, 0.1) is 24.8 Å². The highest BCUT2D eigenvalue weighted by atomic mass is 35.5. The summed E-state index contributed by atoms with van der Waals surface area (Å²) in [5, 5.41) is 4.04. The summed E-state index contributed by atoms with van der Waals surface area (Å²) in [4.78, 5) is 29.2. The molecule has 9 nitrogen and oxygen atoms in total. The lowest BCUT2D eigenvalue weighted by Crippen LogP contribution is -2.53. The molecule has 1 aliphatic rings. The molecule has 3 aromatic carbocycles. The second kappa shape index (κ2) is 15.0. The van der Waals surface area contributed by atoms with Crippen molar-refractivity contribution in [2.45, 2.75) is 62.6 Å². The molecule has 0 unspecified atom stereocenters. The van der Waals surface area contributed by atoms with Crippen molar-refractivity contribution in [1.82, 2.24) is 10.2 Å². The number of rotatable bonds is 13. The Hall–Kier alpha value is -3.47. The molecule has 1 aliphatic carbocycles. The summed E-state index contributed by atoms with van der Waals surface area (Å²) >= 11 is 12.2. The molecule has 0 aromatic heterocycles. The molecule has 0 bridgehead atoms. The minimum absolute atomic E-state index is 0.0556. The van der Waals surface area contributed by atoms with Crippen LogP contribution in [0.3, 0.4) is 0 Å². The van der Waals surface area contributed by atoms with Gasteiger partial charge in [-0.25, -0.2) is 8.42 Å². The van der Waals surface area contributed by atoms with Crippen LogP contribution < -0.4 is 19.1 Å². The van der Waals surface area contributed by atoms with Gasteiger partial charge in [0.15, 0.2) is 11.5 Å². The van der Waals surface area contributed by atoms with Gasteiger partial charge in [0.25, 0.3) is 10.0 Å². The molecule has 12 heteroatoms. The third-order valence-electron chi connectivity index (χ3n) is 7.69. The first-order chi connectivity index (χ1) is 21.1. The predicted octanol–water partition coefficient (Wildman–Crippen LogP) is 6.07. The average Bonchev–Trinajstić information content (AvgIpc) is 3.53. The van der Waals surface area contributed by atoms with Crippen molar-refractivity contribution in [3.8, 4) is 11.5 Å². The van der Waals surface area contributed by atoms with E-state index in [1.807, 2.05) is 6.92 Å². The van der Waals surface area contributed by atoms with Gasteiger partial charge >= 0.3 is 0 Å². The summed E-state index contributed by atoms with van der Waals surface area (Å²) in [6.45, 7) is 1.34. The third kappa shape index (κ3) is 7.97. The number of halogens is 2. The predicted molar refractivity (Wildman–Crippen MR) is 172 cm³/mol. The van der Waals surface area contributed by atoms with E-state index in [1.165, 1.54) is 49.5 Å². The van der Waals surface area contributed by atoms with Crippen molar-refractivity contribution >= 4 is 50.7 Å². The molecule has 44 heavy (non-hydrogen) atoms. The van der Waals surface area contributed by atoms with E-state index in [9.17, 15) is 18.0 Å². The number of carbonyl (C=O) groups is 2. The third-order valence-corrected chi connectivity index (χ3v) is 9.96. The van der Waals surface area contributed by atoms with Crippen LogP contribution in [-0.2, 0) is 26.2 Å². The van der Waals surface area contributed by atoms with Gasteiger partial charge in [-0.15, -0.1) is 0 Å². The zero-order chi connectivity index (χ0) is 31.9. The van der Waals surface area contributed by atoms with Crippen molar-refractivity contribution in [3.63, 3.8) is 0 Å². The van der Waals surface area contributed by atoms with E-state index in [1.54, 1.807) is 36.4 Å². The molecule has 4 rings (SSSR count).